The average Bonchev–Trinajstić information content (AvgIpc) is 2.47. The van der Waals surface area contributed by atoms with Crippen LogP contribution in [0.4, 0.5) is 0 Å². The summed E-state index contributed by atoms with van der Waals surface area (Å²) < 4.78 is 10.7. The van der Waals surface area contributed by atoms with Gasteiger partial charge in [-0.2, -0.15) is 0 Å². The number of nitrogens with one attached hydrogen (secondary N) is 1. The first-order valence-electron chi connectivity index (χ1n) is 7.24. The van der Waals surface area contributed by atoms with E-state index in [0.29, 0.717) is 6.04 Å². The molecule has 3 nitrogen and oxygen atoms in total. The van der Waals surface area contributed by atoms with E-state index < -0.39 is 0 Å². The van der Waals surface area contributed by atoms with E-state index >= 15 is 0 Å². The molecule has 3 heteroatoms. The molecule has 0 heterocycles. The van der Waals surface area contributed by atoms with E-state index in [9.17, 15) is 0 Å². The second kappa shape index (κ2) is 9.82. The molecule has 0 radical (unpaired) electrons. The average molecular weight is 265 g/mol. The maximum atomic E-state index is 5.54. The highest BCUT2D eigenvalue weighted by molar-refractivity contribution is 5.27. The third-order valence-corrected chi connectivity index (χ3v) is 3.15. The molecule has 0 aliphatic rings. The molecule has 0 amide bonds. The molecule has 1 unspecified atom stereocenters. The van der Waals surface area contributed by atoms with Crippen LogP contribution >= 0.6 is 0 Å². The molecule has 1 rings (SSSR count). The number of hydrogen-bond donors (Lipinski definition) is 1. The summed E-state index contributed by atoms with van der Waals surface area (Å²) >= 11 is 0. The molecule has 0 saturated carbocycles. The van der Waals surface area contributed by atoms with Crippen LogP contribution in [0.3, 0.4) is 0 Å². The Bertz CT molecular complexity index is 316. The van der Waals surface area contributed by atoms with Crippen LogP contribution in [-0.2, 0) is 11.2 Å². The van der Waals surface area contributed by atoms with Gasteiger partial charge >= 0.3 is 0 Å². The van der Waals surface area contributed by atoms with Gasteiger partial charge in [0.15, 0.2) is 0 Å². The minimum atomic E-state index is 0.446. The van der Waals surface area contributed by atoms with Crippen LogP contribution in [0.1, 0.15) is 32.3 Å². The van der Waals surface area contributed by atoms with Crippen molar-refractivity contribution in [3.63, 3.8) is 0 Å². The maximum absolute atomic E-state index is 5.54. The lowest BCUT2D eigenvalue weighted by Gasteiger charge is -2.18. The number of methoxy groups -OCH3 is 1. The first-order valence-corrected chi connectivity index (χ1v) is 7.24. The molecule has 108 valence electrons. The molecule has 0 aliphatic carbocycles. The largest absolute Gasteiger partial charge is 0.497 e. The lowest BCUT2D eigenvalue weighted by atomic mass is 10.1. The quantitative estimate of drug-likeness (QED) is 0.705. The van der Waals surface area contributed by atoms with E-state index in [1.165, 1.54) is 5.56 Å². The topological polar surface area (TPSA) is 30.5 Å². The summed E-state index contributed by atoms with van der Waals surface area (Å²) in [6.07, 6.45) is 3.33. The Balaban J connectivity index is 2.39. The smallest absolute Gasteiger partial charge is 0.118 e. The third-order valence-electron chi connectivity index (χ3n) is 3.15. The Morgan fingerprint density at radius 1 is 1.16 bits per heavy atom. The summed E-state index contributed by atoms with van der Waals surface area (Å²) in [5.41, 5.74) is 1.35. The molecule has 1 N–H and O–H groups in total. The van der Waals surface area contributed by atoms with Crippen molar-refractivity contribution in [1.82, 2.24) is 5.32 Å². The normalized spacial score (nSPS) is 12.4. The predicted molar refractivity (Wildman–Crippen MR) is 79.9 cm³/mol. The van der Waals surface area contributed by atoms with Crippen LogP contribution < -0.4 is 10.1 Å². The van der Waals surface area contributed by atoms with E-state index in [0.717, 1.165) is 44.8 Å². The molecule has 1 aromatic carbocycles. The lowest BCUT2D eigenvalue weighted by molar-refractivity contribution is 0.120. The highest BCUT2D eigenvalue weighted by atomic mass is 16.5. The minimum absolute atomic E-state index is 0.446. The molecule has 1 atom stereocenters. The van der Waals surface area contributed by atoms with Gasteiger partial charge in [0.25, 0.3) is 0 Å². The second-order valence-electron chi connectivity index (χ2n) is 4.70. The van der Waals surface area contributed by atoms with Crippen LogP contribution in [-0.4, -0.2) is 32.9 Å². The molecule has 0 spiro atoms. The van der Waals surface area contributed by atoms with Crippen molar-refractivity contribution in [3.8, 4) is 5.75 Å². The van der Waals surface area contributed by atoms with E-state index in [2.05, 4.69) is 24.4 Å². The summed E-state index contributed by atoms with van der Waals surface area (Å²) in [6.45, 7) is 6.87. The van der Waals surface area contributed by atoms with Crippen molar-refractivity contribution in [1.29, 1.82) is 0 Å². The standard InChI is InChI=1S/C16H27NO2/c1-4-12-17-15(13-19-5-2)9-6-14-7-10-16(18-3)11-8-14/h7-8,10-11,15,17H,4-6,9,12-13H2,1-3H3. The Labute approximate surface area is 117 Å². The van der Waals surface area contributed by atoms with Crippen molar-refractivity contribution in [2.75, 3.05) is 26.9 Å². The molecular formula is C16H27NO2. The Morgan fingerprint density at radius 2 is 1.89 bits per heavy atom. The Morgan fingerprint density at radius 3 is 2.47 bits per heavy atom. The molecule has 19 heavy (non-hydrogen) atoms. The van der Waals surface area contributed by atoms with Crippen LogP contribution in [0, 0.1) is 0 Å². The van der Waals surface area contributed by atoms with Gasteiger partial charge in [0.2, 0.25) is 0 Å². The molecule has 0 fully saturated rings. The summed E-state index contributed by atoms with van der Waals surface area (Å²) in [6, 6.07) is 8.76. The summed E-state index contributed by atoms with van der Waals surface area (Å²) in [7, 11) is 1.70. The summed E-state index contributed by atoms with van der Waals surface area (Å²) in [5.74, 6) is 0.915. The molecule has 0 aliphatic heterocycles. The van der Waals surface area contributed by atoms with Gasteiger partial charge < -0.3 is 14.8 Å². The van der Waals surface area contributed by atoms with E-state index in [1.807, 2.05) is 19.1 Å². The molecule has 1 aromatic rings. The van der Waals surface area contributed by atoms with Crippen molar-refractivity contribution in [3.05, 3.63) is 29.8 Å². The molecule has 0 aromatic heterocycles. The number of hydrogen-bond acceptors (Lipinski definition) is 3. The summed E-state index contributed by atoms with van der Waals surface area (Å²) in [5, 5.41) is 3.55. The highest BCUT2D eigenvalue weighted by Crippen LogP contribution is 2.13. The monoisotopic (exact) mass is 265 g/mol. The lowest BCUT2D eigenvalue weighted by Crippen LogP contribution is -2.34. The fraction of sp³-hybridized carbons (Fsp3) is 0.625. The number of benzene rings is 1. The van der Waals surface area contributed by atoms with Gasteiger partial charge in [-0.15, -0.1) is 0 Å². The van der Waals surface area contributed by atoms with Gasteiger partial charge in [-0.25, -0.2) is 0 Å². The predicted octanol–water partition coefficient (Wildman–Crippen LogP) is 3.03. The molecular weight excluding hydrogens is 238 g/mol. The van der Waals surface area contributed by atoms with Crippen molar-refractivity contribution in [2.24, 2.45) is 0 Å². The van der Waals surface area contributed by atoms with Gasteiger partial charge in [-0.1, -0.05) is 19.1 Å². The number of aryl methyl sites for hydroxylation is 1. The van der Waals surface area contributed by atoms with Gasteiger partial charge in [0.05, 0.1) is 13.7 Å². The minimum Gasteiger partial charge on any atom is -0.497 e. The van der Waals surface area contributed by atoms with E-state index in [4.69, 9.17) is 9.47 Å². The van der Waals surface area contributed by atoms with Crippen LogP contribution in [0.2, 0.25) is 0 Å². The zero-order valence-corrected chi connectivity index (χ0v) is 12.4. The molecule has 0 bridgehead atoms. The zero-order chi connectivity index (χ0) is 13.9. The first-order chi connectivity index (χ1) is 9.30. The third kappa shape index (κ3) is 6.60. The highest BCUT2D eigenvalue weighted by Gasteiger charge is 2.08. The van der Waals surface area contributed by atoms with Gasteiger partial charge in [0.1, 0.15) is 5.75 Å². The fourth-order valence-electron chi connectivity index (χ4n) is 1.99. The molecule has 0 saturated heterocycles. The van der Waals surface area contributed by atoms with Crippen molar-refractivity contribution >= 4 is 0 Å². The van der Waals surface area contributed by atoms with Crippen LogP contribution in [0.25, 0.3) is 0 Å². The van der Waals surface area contributed by atoms with Crippen molar-refractivity contribution < 1.29 is 9.47 Å². The van der Waals surface area contributed by atoms with Crippen LogP contribution in [0.5, 0.6) is 5.75 Å². The SMILES string of the molecule is CCCNC(CCc1ccc(OC)cc1)COCC. The maximum Gasteiger partial charge on any atom is 0.118 e. The van der Waals surface area contributed by atoms with Crippen molar-refractivity contribution in [2.45, 2.75) is 39.2 Å². The van der Waals surface area contributed by atoms with E-state index in [-0.39, 0.29) is 0 Å². The number of ether oxygens (including phenoxy) is 2. The van der Waals surface area contributed by atoms with Gasteiger partial charge in [-0.05, 0) is 50.4 Å². The van der Waals surface area contributed by atoms with Gasteiger partial charge in [0, 0.05) is 12.6 Å². The summed E-state index contributed by atoms with van der Waals surface area (Å²) in [4.78, 5) is 0. The van der Waals surface area contributed by atoms with Crippen LogP contribution in [0.15, 0.2) is 24.3 Å². The van der Waals surface area contributed by atoms with E-state index in [1.54, 1.807) is 7.11 Å². The van der Waals surface area contributed by atoms with Gasteiger partial charge in [-0.3, -0.25) is 0 Å². The fourth-order valence-corrected chi connectivity index (χ4v) is 1.99. The second-order valence-corrected chi connectivity index (χ2v) is 4.70. The zero-order valence-electron chi connectivity index (χ0n) is 12.4. The Hall–Kier alpha value is -1.06. The first kappa shape index (κ1) is 16.0. The Kier molecular flexibility index (Phi) is 8.26. The number of rotatable bonds is 10.